The van der Waals surface area contributed by atoms with Crippen molar-refractivity contribution in [2.75, 3.05) is 24.3 Å². The maximum Gasteiger partial charge on any atom is 0.243 e. The summed E-state index contributed by atoms with van der Waals surface area (Å²) >= 11 is 0. The van der Waals surface area contributed by atoms with Crippen LogP contribution in [0.2, 0.25) is 0 Å². The van der Waals surface area contributed by atoms with Crippen LogP contribution < -0.4 is 15.4 Å². The molecule has 2 aromatic rings. The van der Waals surface area contributed by atoms with Gasteiger partial charge < -0.3 is 15.4 Å². The fourth-order valence-electron chi connectivity index (χ4n) is 2.79. The Hall–Kier alpha value is -2.49. The summed E-state index contributed by atoms with van der Waals surface area (Å²) in [5.41, 5.74) is 4.14. The first-order valence-electron chi connectivity index (χ1n) is 8.73. The minimum atomic E-state index is -0.0576. The van der Waals surface area contributed by atoms with E-state index in [2.05, 4.69) is 56.5 Å². The molecule has 0 saturated heterocycles. The van der Waals surface area contributed by atoms with Crippen molar-refractivity contribution in [1.29, 1.82) is 0 Å². The van der Waals surface area contributed by atoms with Crippen molar-refractivity contribution in [3.63, 3.8) is 0 Å². The molecule has 0 aliphatic rings. The lowest BCUT2D eigenvalue weighted by atomic mass is 9.92. The second kappa shape index (κ2) is 8.56. The van der Waals surface area contributed by atoms with Crippen LogP contribution >= 0.6 is 0 Å². The third-order valence-electron chi connectivity index (χ3n) is 4.16. The van der Waals surface area contributed by atoms with E-state index < -0.39 is 0 Å². The van der Waals surface area contributed by atoms with Gasteiger partial charge in [0.1, 0.15) is 5.75 Å². The van der Waals surface area contributed by atoms with Crippen LogP contribution in [-0.2, 0) is 4.79 Å². The summed E-state index contributed by atoms with van der Waals surface area (Å²) in [6.45, 7) is 8.78. The number of benzene rings is 2. The van der Waals surface area contributed by atoms with Crippen LogP contribution in [0.4, 0.5) is 11.4 Å². The van der Waals surface area contributed by atoms with Crippen LogP contribution in [0.5, 0.6) is 5.75 Å². The van der Waals surface area contributed by atoms with Crippen LogP contribution in [-0.4, -0.2) is 19.6 Å². The van der Waals surface area contributed by atoms with Gasteiger partial charge in [0, 0.05) is 17.4 Å². The summed E-state index contributed by atoms with van der Waals surface area (Å²) in [4.78, 5) is 12.5. The highest BCUT2D eigenvalue weighted by atomic mass is 16.5. The maximum atomic E-state index is 12.5. The van der Waals surface area contributed by atoms with E-state index in [1.807, 2.05) is 24.3 Å². The molecule has 0 aliphatic carbocycles. The molecule has 0 bridgehead atoms. The number of hydrogen-bond donors (Lipinski definition) is 2. The van der Waals surface area contributed by atoms with Crippen molar-refractivity contribution in [1.82, 2.24) is 0 Å². The number of ether oxygens (including phenoxy) is 1. The molecule has 4 heteroatoms. The molecule has 0 unspecified atom stereocenters. The van der Waals surface area contributed by atoms with Gasteiger partial charge in [-0.15, -0.1) is 0 Å². The zero-order chi connectivity index (χ0) is 18.4. The van der Waals surface area contributed by atoms with Crippen LogP contribution in [0.25, 0.3) is 0 Å². The molecule has 4 nitrogen and oxygen atoms in total. The van der Waals surface area contributed by atoms with Gasteiger partial charge in [0.05, 0.1) is 13.7 Å². The van der Waals surface area contributed by atoms with Crippen LogP contribution in [0.3, 0.4) is 0 Å². The summed E-state index contributed by atoms with van der Waals surface area (Å²) in [5.74, 6) is 1.40. The van der Waals surface area contributed by atoms with Crippen LogP contribution in [0, 0.1) is 0 Å². The van der Waals surface area contributed by atoms with Gasteiger partial charge in [-0.1, -0.05) is 52.0 Å². The number of para-hydroxylation sites is 1. The Morgan fingerprint density at radius 1 is 1.00 bits per heavy atom. The molecule has 0 saturated carbocycles. The number of anilines is 2. The molecule has 0 fully saturated rings. The van der Waals surface area contributed by atoms with E-state index in [9.17, 15) is 4.79 Å². The number of nitrogens with one attached hydrogen (secondary N) is 2. The topological polar surface area (TPSA) is 50.4 Å². The Morgan fingerprint density at radius 2 is 1.60 bits per heavy atom. The first-order chi connectivity index (χ1) is 11.9. The lowest BCUT2D eigenvalue weighted by molar-refractivity contribution is -0.114. The predicted molar refractivity (Wildman–Crippen MR) is 105 cm³/mol. The summed E-state index contributed by atoms with van der Waals surface area (Å²) in [7, 11) is 1.63. The number of amides is 1. The van der Waals surface area contributed by atoms with Gasteiger partial charge in [-0.05, 0) is 35.1 Å². The van der Waals surface area contributed by atoms with Crippen LogP contribution in [0.15, 0.2) is 42.5 Å². The van der Waals surface area contributed by atoms with Crippen molar-refractivity contribution in [3.05, 3.63) is 53.6 Å². The second-order valence-corrected chi connectivity index (χ2v) is 6.75. The highest BCUT2D eigenvalue weighted by Gasteiger charge is 2.15. The van der Waals surface area contributed by atoms with Crippen molar-refractivity contribution >= 4 is 17.3 Å². The second-order valence-electron chi connectivity index (χ2n) is 6.75. The number of rotatable bonds is 7. The molecule has 0 spiro atoms. The molecule has 0 atom stereocenters. The summed E-state index contributed by atoms with van der Waals surface area (Å²) in [5, 5.41) is 6.25. The van der Waals surface area contributed by atoms with E-state index in [1.165, 1.54) is 11.1 Å². The first kappa shape index (κ1) is 18.8. The molecule has 2 aromatic carbocycles. The molecule has 2 N–H and O–H groups in total. The molecular weight excluding hydrogens is 312 g/mol. The molecule has 0 radical (unpaired) electrons. The fourth-order valence-corrected chi connectivity index (χ4v) is 2.79. The number of carbonyl (C=O) groups is 1. The maximum absolute atomic E-state index is 12.5. The lowest BCUT2D eigenvalue weighted by Gasteiger charge is -2.20. The molecule has 0 aromatic heterocycles. The predicted octanol–water partition coefficient (Wildman–Crippen LogP) is 4.99. The van der Waals surface area contributed by atoms with Gasteiger partial charge in [0.25, 0.3) is 0 Å². The largest absolute Gasteiger partial charge is 0.497 e. The Morgan fingerprint density at radius 3 is 2.16 bits per heavy atom. The van der Waals surface area contributed by atoms with Gasteiger partial charge in [0.2, 0.25) is 5.91 Å². The van der Waals surface area contributed by atoms with Gasteiger partial charge in [0.15, 0.2) is 0 Å². The van der Waals surface area contributed by atoms with Crippen molar-refractivity contribution in [2.24, 2.45) is 0 Å². The fraction of sp³-hybridized carbons (Fsp3) is 0.381. The van der Waals surface area contributed by atoms with Crippen molar-refractivity contribution in [2.45, 2.75) is 39.5 Å². The van der Waals surface area contributed by atoms with Crippen LogP contribution in [0.1, 0.15) is 50.7 Å². The van der Waals surface area contributed by atoms with E-state index >= 15 is 0 Å². The van der Waals surface area contributed by atoms with E-state index in [1.54, 1.807) is 7.11 Å². The summed E-state index contributed by atoms with van der Waals surface area (Å²) < 4.78 is 5.20. The van der Waals surface area contributed by atoms with E-state index in [4.69, 9.17) is 4.74 Å². The molecule has 1 amide bonds. The quantitative estimate of drug-likeness (QED) is 0.746. The van der Waals surface area contributed by atoms with Gasteiger partial charge in [-0.3, -0.25) is 4.79 Å². The molecular formula is C21H28N2O2. The Labute approximate surface area is 150 Å². The molecule has 25 heavy (non-hydrogen) atoms. The smallest absolute Gasteiger partial charge is 0.243 e. The highest BCUT2D eigenvalue weighted by Crippen LogP contribution is 2.32. The third-order valence-corrected chi connectivity index (χ3v) is 4.16. The van der Waals surface area contributed by atoms with Crippen molar-refractivity contribution < 1.29 is 9.53 Å². The SMILES string of the molecule is COc1cccc(NCC(=O)Nc2c(C(C)C)cccc2C(C)C)c1. The normalized spacial score (nSPS) is 10.8. The Balaban J connectivity index is 2.12. The first-order valence-corrected chi connectivity index (χ1v) is 8.73. The summed E-state index contributed by atoms with van der Waals surface area (Å²) in [6.07, 6.45) is 0. The summed E-state index contributed by atoms with van der Waals surface area (Å²) in [6, 6.07) is 13.8. The molecule has 2 rings (SSSR count). The lowest BCUT2D eigenvalue weighted by Crippen LogP contribution is -2.23. The average Bonchev–Trinajstić information content (AvgIpc) is 2.60. The van der Waals surface area contributed by atoms with Gasteiger partial charge in [-0.2, -0.15) is 0 Å². The minimum Gasteiger partial charge on any atom is -0.497 e. The molecule has 134 valence electrons. The molecule has 0 heterocycles. The van der Waals surface area contributed by atoms with Gasteiger partial charge >= 0.3 is 0 Å². The minimum absolute atomic E-state index is 0.0576. The highest BCUT2D eigenvalue weighted by molar-refractivity contribution is 5.95. The van der Waals surface area contributed by atoms with E-state index in [-0.39, 0.29) is 12.5 Å². The zero-order valence-electron chi connectivity index (χ0n) is 15.7. The molecule has 0 aliphatic heterocycles. The number of carbonyl (C=O) groups excluding carboxylic acids is 1. The van der Waals surface area contributed by atoms with E-state index in [0.717, 1.165) is 17.1 Å². The standard InChI is InChI=1S/C21H28N2O2/c1-14(2)18-10-7-11-19(15(3)4)21(18)23-20(24)13-22-16-8-6-9-17(12-16)25-5/h6-12,14-15,22H,13H2,1-5H3,(H,23,24). The zero-order valence-corrected chi connectivity index (χ0v) is 15.7. The number of hydrogen-bond acceptors (Lipinski definition) is 3. The van der Waals surface area contributed by atoms with E-state index in [0.29, 0.717) is 11.8 Å². The Kier molecular flexibility index (Phi) is 6.45. The third kappa shape index (κ3) is 4.99. The number of methoxy groups -OCH3 is 1. The Bertz CT molecular complexity index is 697. The average molecular weight is 340 g/mol. The van der Waals surface area contributed by atoms with Crippen molar-refractivity contribution in [3.8, 4) is 5.75 Å². The monoisotopic (exact) mass is 340 g/mol. The van der Waals surface area contributed by atoms with Gasteiger partial charge in [-0.25, -0.2) is 0 Å².